The molecule has 0 heterocycles. The number of nitrogens with zero attached hydrogens (tertiary/aromatic N) is 1. The monoisotopic (exact) mass is 320 g/mol. The molecule has 0 saturated carbocycles. The number of hydrogen-bond donors (Lipinski definition) is 1. The minimum absolute atomic E-state index is 0.0151. The minimum atomic E-state index is -0.625. The van der Waals surface area contributed by atoms with E-state index in [9.17, 15) is 9.59 Å². The van der Waals surface area contributed by atoms with Crippen LogP contribution in [0.15, 0.2) is 24.3 Å². The van der Waals surface area contributed by atoms with E-state index in [1.165, 1.54) is 7.11 Å². The molecule has 0 aliphatic carbocycles. The van der Waals surface area contributed by atoms with Crippen molar-refractivity contribution >= 4 is 17.6 Å². The zero-order chi connectivity index (χ0) is 17.4. The van der Waals surface area contributed by atoms with Crippen LogP contribution in [0.5, 0.6) is 0 Å². The maximum atomic E-state index is 12.4. The fourth-order valence-electron chi connectivity index (χ4n) is 2.43. The summed E-state index contributed by atoms with van der Waals surface area (Å²) in [7, 11) is 1.34. The molecule has 1 rings (SSSR count). The zero-order valence-electron chi connectivity index (χ0n) is 14.8. The molecular formula is C18H28N2O3. The zero-order valence-corrected chi connectivity index (χ0v) is 14.8. The van der Waals surface area contributed by atoms with E-state index in [0.29, 0.717) is 5.56 Å². The van der Waals surface area contributed by atoms with Gasteiger partial charge in [0.15, 0.2) is 0 Å². The molecule has 0 fully saturated rings. The van der Waals surface area contributed by atoms with Gasteiger partial charge in [0.1, 0.15) is 6.04 Å². The van der Waals surface area contributed by atoms with Gasteiger partial charge in [-0.3, -0.25) is 4.79 Å². The normalized spacial score (nSPS) is 13.1. The number of ether oxygens (including phenoxy) is 1. The lowest BCUT2D eigenvalue weighted by Crippen LogP contribution is -2.45. The number of hydrogen-bond acceptors (Lipinski definition) is 4. The standard InChI is InChI=1S/C18H28N2O3/c1-6-13(4)16(18(22)23-5)19-17(21)14-9-11-15(12-10-14)20(7-2)8-3/h9-13,16H,6-8H2,1-5H3,(H,19,21). The maximum Gasteiger partial charge on any atom is 0.328 e. The highest BCUT2D eigenvalue weighted by atomic mass is 16.5. The Bertz CT molecular complexity index is 510. The van der Waals surface area contributed by atoms with Crippen LogP contribution in [-0.4, -0.2) is 38.1 Å². The SMILES string of the molecule is CCC(C)C(NC(=O)c1ccc(N(CC)CC)cc1)C(=O)OC. The molecule has 1 aromatic carbocycles. The van der Waals surface area contributed by atoms with Gasteiger partial charge in [-0.1, -0.05) is 20.3 Å². The molecular weight excluding hydrogens is 292 g/mol. The van der Waals surface area contributed by atoms with E-state index in [1.807, 2.05) is 26.0 Å². The quantitative estimate of drug-likeness (QED) is 0.748. The summed E-state index contributed by atoms with van der Waals surface area (Å²) in [6, 6.07) is 6.80. The van der Waals surface area contributed by atoms with E-state index in [4.69, 9.17) is 4.74 Å². The number of anilines is 1. The first-order valence-corrected chi connectivity index (χ1v) is 8.22. The number of amides is 1. The summed E-state index contributed by atoms with van der Waals surface area (Å²) < 4.78 is 4.79. The summed E-state index contributed by atoms with van der Waals surface area (Å²) in [5.74, 6) is -0.652. The van der Waals surface area contributed by atoms with Crippen LogP contribution >= 0.6 is 0 Å². The van der Waals surface area contributed by atoms with Crippen molar-refractivity contribution in [1.82, 2.24) is 5.32 Å². The second-order valence-corrected chi connectivity index (χ2v) is 5.58. The third-order valence-corrected chi connectivity index (χ3v) is 4.21. The van der Waals surface area contributed by atoms with E-state index in [0.717, 1.165) is 25.2 Å². The van der Waals surface area contributed by atoms with Crippen molar-refractivity contribution in [1.29, 1.82) is 0 Å². The van der Waals surface area contributed by atoms with Gasteiger partial charge in [-0.05, 0) is 44.0 Å². The van der Waals surface area contributed by atoms with Crippen molar-refractivity contribution in [2.45, 2.75) is 40.2 Å². The summed E-state index contributed by atoms with van der Waals surface area (Å²) in [4.78, 5) is 26.4. The van der Waals surface area contributed by atoms with Crippen LogP contribution in [0.25, 0.3) is 0 Å². The lowest BCUT2D eigenvalue weighted by atomic mass is 9.99. The van der Waals surface area contributed by atoms with Crippen molar-refractivity contribution in [3.05, 3.63) is 29.8 Å². The predicted molar refractivity (Wildman–Crippen MR) is 92.7 cm³/mol. The molecule has 1 amide bonds. The number of rotatable bonds is 8. The molecule has 0 saturated heterocycles. The van der Waals surface area contributed by atoms with E-state index < -0.39 is 12.0 Å². The number of methoxy groups -OCH3 is 1. The van der Waals surface area contributed by atoms with Gasteiger partial charge in [-0.15, -0.1) is 0 Å². The lowest BCUT2D eigenvalue weighted by Gasteiger charge is -2.23. The third kappa shape index (κ3) is 4.98. The van der Waals surface area contributed by atoms with Crippen molar-refractivity contribution in [2.75, 3.05) is 25.1 Å². The van der Waals surface area contributed by atoms with Crippen LogP contribution in [0, 0.1) is 5.92 Å². The highest BCUT2D eigenvalue weighted by molar-refractivity contribution is 5.97. The molecule has 5 heteroatoms. The first kappa shape index (κ1) is 19.0. The highest BCUT2D eigenvalue weighted by Gasteiger charge is 2.27. The Labute approximate surface area is 139 Å². The molecule has 0 bridgehead atoms. The van der Waals surface area contributed by atoms with E-state index in [2.05, 4.69) is 24.1 Å². The molecule has 23 heavy (non-hydrogen) atoms. The van der Waals surface area contributed by atoms with E-state index in [-0.39, 0.29) is 11.8 Å². The van der Waals surface area contributed by atoms with Gasteiger partial charge in [-0.25, -0.2) is 4.79 Å². The number of carbonyl (C=O) groups excluding carboxylic acids is 2. The molecule has 2 atom stereocenters. The maximum absolute atomic E-state index is 12.4. The number of benzene rings is 1. The Morgan fingerprint density at radius 2 is 1.70 bits per heavy atom. The Morgan fingerprint density at radius 1 is 1.13 bits per heavy atom. The van der Waals surface area contributed by atoms with Crippen LogP contribution in [0.1, 0.15) is 44.5 Å². The molecule has 2 unspecified atom stereocenters. The summed E-state index contributed by atoms with van der Waals surface area (Å²) in [5.41, 5.74) is 1.62. The molecule has 1 aromatic rings. The minimum Gasteiger partial charge on any atom is -0.467 e. The number of esters is 1. The van der Waals surface area contributed by atoms with Crippen LogP contribution in [0.3, 0.4) is 0 Å². The Balaban J connectivity index is 2.85. The Hall–Kier alpha value is -2.04. The number of nitrogens with one attached hydrogen (secondary N) is 1. The Morgan fingerprint density at radius 3 is 2.13 bits per heavy atom. The number of carbonyl (C=O) groups is 2. The van der Waals surface area contributed by atoms with Crippen LogP contribution < -0.4 is 10.2 Å². The van der Waals surface area contributed by atoms with Gasteiger partial charge < -0.3 is 15.0 Å². The summed E-state index contributed by atoms with van der Waals surface area (Å²) in [6.07, 6.45) is 0.779. The lowest BCUT2D eigenvalue weighted by molar-refractivity contribution is -0.144. The molecule has 1 N–H and O–H groups in total. The highest BCUT2D eigenvalue weighted by Crippen LogP contribution is 2.16. The van der Waals surface area contributed by atoms with Gasteiger partial charge >= 0.3 is 5.97 Å². The van der Waals surface area contributed by atoms with Crippen LogP contribution in [0.4, 0.5) is 5.69 Å². The fourth-order valence-corrected chi connectivity index (χ4v) is 2.43. The first-order valence-electron chi connectivity index (χ1n) is 8.22. The second-order valence-electron chi connectivity index (χ2n) is 5.58. The molecule has 5 nitrogen and oxygen atoms in total. The van der Waals surface area contributed by atoms with Crippen LogP contribution in [-0.2, 0) is 9.53 Å². The van der Waals surface area contributed by atoms with E-state index >= 15 is 0 Å². The summed E-state index contributed by atoms with van der Waals surface area (Å²) >= 11 is 0. The largest absolute Gasteiger partial charge is 0.467 e. The molecule has 0 aliphatic rings. The van der Waals surface area contributed by atoms with Gasteiger partial charge in [-0.2, -0.15) is 0 Å². The van der Waals surface area contributed by atoms with Gasteiger partial charge in [0, 0.05) is 24.3 Å². The second kappa shape index (κ2) is 9.18. The molecule has 0 aromatic heterocycles. The molecule has 0 spiro atoms. The molecule has 128 valence electrons. The van der Waals surface area contributed by atoms with Crippen molar-refractivity contribution < 1.29 is 14.3 Å². The van der Waals surface area contributed by atoms with Gasteiger partial charge in [0.2, 0.25) is 0 Å². The molecule has 0 radical (unpaired) electrons. The van der Waals surface area contributed by atoms with E-state index in [1.54, 1.807) is 12.1 Å². The molecule has 0 aliphatic heterocycles. The summed E-state index contributed by atoms with van der Waals surface area (Å²) in [6.45, 7) is 9.92. The van der Waals surface area contributed by atoms with Crippen molar-refractivity contribution in [2.24, 2.45) is 5.92 Å². The van der Waals surface area contributed by atoms with Gasteiger partial charge in [0.25, 0.3) is 5.91 Å². The van der Waals surface area contributed by atoms with Crippen LogP contribution in [0.2, 0.25) is 0 Å². The smallest absolute Gasteiger partial charge is 0.328 e. The summed E-state index contributed by atoms with van der Waals surface area (Å²) in [5, 5.41) is 2.78. The topological polar surface area (TPSA) is 58.6 Å². The fraction of sp³-hybridized carbons (Fsp3) is 0.556. The average molecular weight is 320 g/mol. The van der Waals surface area contributed by atoms with Gasteiger partial charge in [0.05, 0.1) is 7.11 Å². The predicted octanol–water partition coefficient (Wildman–Crippen LogP) is 2.85. The third-order valence-electron chi connectivity index (χ3n) is 4.21. The first-order chi connectivity index (χ1) is 11.0. The average Bonchev–Trinajstić information content (AvgIpc) is 2.59. The van der Waals surface area contributed by atoms with Crippen molar-refractivity contribution in [3.63, 3.8) is 0 Å². The van der Waals surface area contributed by atoms with Crippen molar-refractivity contribution in [3.8, 4) is 0 Å². The Kier molecular flexibility index (Phi) is 7.59.